The number of halogens is 1. The fourth-order valence-electron chi connectivity index (χ4n) is 1.75. The molecule has 0 aliphatic carbocycles. The second-order valence-electron chi connectivity index (χ2n) is 3.81. The second kappa shape index (κ2) is 5.05. The molecule has 0 amide bonds. The zero-order valence-corrected chi connectivity index (χ0v) is 10.1. The number of ether oxygens (including phenoxy) is 1. The molecule has 1 heterocycles. The predicted molar refractivity (Wildman–Crippen MR) is 65.4 cm³/mol. The molecule has 0 fully saturated rings. The van der Waals surface area contributed by atoms with Crippen molar-refractivity contribution in [1.29, 1.82) is 0 Å². The van der Waals surface area contributed by atoms with E-state index in [1.54, 1.807) is 6.92 Å². The summed E-state index contributed by atoms with van der Waals surface area (Å²) in [5.41, 5.74) is -1.35. The minimum atomic E-state index is -0.781. The summed E-state index contributed by atoms with van der Waals surface area (Å²) in [6, 6.07) is 3.40. The van der Waals surface area contributed by atoms with Crippen molar-refractivity contribution in [3.63, 3.8) is 0 Å². The third-order valence-corrected chi connectivity index (χ3v) is 2.55. The number of fused-ring (bicyclic) bond motifs is 1. The van der Waals surface area contributed by atoms with Crippen molar-refractivity contribution in [2.75, 3.05) is 6.61 Å². The quantitative estimate of drug-likeness (QED) is 0.815. The van der Waals surface area contributed by atoms with E-state index in [2.05, 4.69) is 4.98 Å². The van der Waals surface area contributed by atoms with Crippen molar-refractivity contribution in [1.82, 2.24) is 9.55 Å². The van der Waals surface area contributed by atoms with Crippen molar-refractivity contribution in [3.8, 4) is 0 Å². The van der Waals surface area contributed by atoms with Gasteiger partial charge in [0.05, 0.1) is 17.5 Å². The van der Waals surface area contributed by atoms with E-state index in [0.29, 0.717) is 0 Å². The normalized spacial score (nSPS) is 10.6. The molecule has 7 heteroatoms. The van der Waals surface area contributed by atoms with E-state index in [0.717, 1.165) is 16.7 Å². The van der Waals surface area contributed by atoms with Gasteiger partial charge in [-0.05, 0) is 25.1 Å². The van der Waals surface area contributed by atoms with Crippen molar-refractivity contribution >= 4 is 16.9 Å². The predicted octanol–water partition coefficient (Wildman–Crippen LogP) is 0.392. The lowest BCUT2D eigenvalue weighted by Crippen LogP contribution is -2.33. The lowest BCUT2D eigenvalue weighted by Gasteiger charge is -2.08. The first-order valence-corrected chi connectivity index (χ1v) is 5.61. The molecule has 1 N–H and O–H groups in total. The summed E-state index contributed by atoms with van der Waals surface area (Å²) < 4.78 is 18.9. The van der Waals surface area contributed by atoms with Crippen LogP contribution in [0, 0.1) is 5.82 Å². The standard InChI is InChI=1S/C12H11FN2O4/c1-2-19-10(16)6-15-9-5-7(13)3-4-8(9)11(17)14-12(15)18/h3-5H,2,6H2,1H3,(H,14,17,18). The fourth-order valence-corrected chi connectivity index (χ4v) is 1.75. The number of nitrogens with zero attached hydrogens (tertiary/aromatic N) is 1. The summed E-state index contributed by atoms with van der Waals surface area (Å²) in [4.78, 5) is 36.7. The number of rotatable bonds is 3. The number of carbonyl (C=O) groups is 1. The van der Waals surface area contributed by atoms with E-state index in [-0.39, 0.29) is 24.1 Å². The van der Waals surface area contributed by atoms with Gasteiger partial charge in [-0.25, -0.2) is 9.18 Å². The van der Waals surface area contributed by atoms with Crippen LogP contribution >= 0.6 is 0 Å². The SMILES string of the molecule is CCOC(=O)Cn1c(=O)[nH]c(=O)c2ccc(F)cc21. The average Bonchev–Trinajstić information content (AvgIpc) is 2.34. The zero-order chi connectivity index (χ0) is 14.0. The van der Waals surface area contributed by atoms with Crippen LogP contribution in [-0.4, -0.2) is 22.1 Å². The highest BCUT2D eigenvalue weighted by atomic mass is 19.1. The van der Waals surface area contributed by atoms with E-state index in [9.17, 15) is 18.8 Å². The maximum absolute atomic E-state index is 13.2. The van der Waals surface area contributed by atoms with Crippen LogP contribution in [0.4, 0.5) is 4.39 Å². The molecule has 0 aliphatic rings. The molecule has 0 radical (unpaired) electrons. The molecule has 100 valence electrons. The topological polar surface area (TPSA) is 81.2 Å². The highest BCUT2D eigenvalue weighted by Gasteiger charge is 2.12. The Balaban J connectivity index is 2.65. The molecule has 2 rings (SSSR count). The van der Waals surface area contributed by atoms with Gasteiger partial charge in [-0.3, -0.25) is 19.1 Å². The van der Waals surface area contributed by atoms with Crippen LogP contribution in [0.2, 0.25) is 0 Å². The summed E-state index contributed by atoms with van der Waals surface area (Å²) >= 11 is 0. The zero-order valence-electron chi connectivity index (χ0n) is 10.1. The van der Waals surface area contributed by atoms with Crippen LogP contribution in [0.15, 0.2) is 27.8 Å². The molecule has 1 aromatic heterocycles. The number of nitrogens with one attached hydrogen (secondary N) is 1. The van der Waals surface area contributed by atoms with Gasteiger partial charge in [0.2, 0.25) is 0 Å². The molecule has 6 nitrogen and oxygen atoms in total. The van der Waals surface area contributed by atoms with Crippen molar-refractivity contribution < 1.29 is 13.9 Å². The lowest BCUT2D eigenvalue weighted by molar-refractivity contribution is -0.143. The van der Waals surface area contributed by atoms with E-state index < -0.39 is 23.0 Å². The molecular formula is C12H11FN2O4. The number of benzene rings is 1. The van der Waals surface area contributed by atoms with Gasteiger partial charge in [-0.2, -0.15) is 0 Å². The molecule has 0 bridgehead atoms. The fraction of sp³-hybridized carbons (Fsp3) is 0.250. The summed E-state index contributed by atoms with van der Waals surface area (Å²) in [6.07, 6.45) is 0. The number of carbonyl (C=O) groups excluding carboxylic acids is 1. The molecule has 0 spiro atoms. The van der Waals surface area contributed by atoms with Crippen LogP contribution in [0.5, 0.6) is 0 Å². The third kappa shape index (κ3) is 2.54. The van der Waals surface area contributed by atoms with Crippen LogP contribution in [0.3, 0.4) is 0 Å². The molecule has 2 aromatic rings. The highest BCUT2D eigenvalue weighted by Crippen LogP contribution is 2.10. The second-order valence-corrected chi connectivity index (χ2v) is 3.81. The lowest BCUT2D eigenvalue weighted by atomic mass is 10.2. The van der Waals surface area contributed by atoms with E-state index in [4.69, 9.17) is 4.74 Å². The molecule has 0 atom stereocenters. The van der Waals surface area contributed by atoms with Gasteiger partial charge in [-0.1, -0.05) is 0 Å². The van der Waals surface area contributed by atoms with Gasteiger partial charge in [0, 0.05) is 0 Å². The number of hydrogen-bond donors (Lipinski definition) is 1. The third-order valence-electron chi connectivity index (χ3n) is 2.55. The summed E-state index contributed by atoms with van der Waals surface area (Å²) in [6.45, 7) is 1.41. The minimum Gasteiger partial charge on any atom is -0.465 e. The van der Waals surface area contributed by atoms with Crippen molar-refractivity contribution in [2.45, 2.75) is 13.5 Å². The van der Waals surface area contributed by atoms with Gasteiger partial charge in [0.1, 0.15) is 12.4 Å². The molecule has 0 aliphatic heterocycles. The summed E-state index contributed by atoms with van der Waals surface area (Å²) in [7, 11) is 0. The van der Waals surface area contributed by atoms with Gasteiger partial charge in [-0.15, -0.1) is 0 Å². The largest absolute Gasteiger partial charge is 0.465 e. The molecular weight excluding hydrogens is 255 g/mol. The Morgan fingerprint density at radius 1 is 1.42 bits per heavy atom. The first-order valence-electron chi connectivity index (χ1n) is 5.61. The summed E-state index contributed by atoms with van der Waals surface area (Å²) in [5, 5.41) is 0.130. The number of hydrogen-bond acceptors (Lipinski definition) is 4. The van der Waals surface area contributed by atoms with Gasteiger partial charge < -0.3 is 4.74 Å². The Hall–Kier alpha value is -2.44. The van der Waals surface area contributed by atoms with Crippen LogP contribution < -0.4 is 11.2 Å². The maximum atomic E-state index is 13.2. The molecule has 0 saturated heterocycles. The molecule has 0 unspecified atom stereocenters. The van der Waals surface area contributed by atoms with Gasteiger partial charge >= 0.3 is 11.7 Å². The molecule has 0 saturated carbocycles. The van der Waals surface area contributed by atoms with Crippen molar-refractivity contribution in [3.05, 3.63) is 44.9 Å². The Kier molecular flexibility index (Phi) is 3.46. The van der Waals surface area contributed by atoms with Crippen LogP contribution in [-0.2, 0) is 16.1 Å². The van der Waals surface area contributed by atoms with Gasteiger partial charge in [0.25, 0.3) is 5.56 Å². The first-order chi connectivity index (χ1) is 9.02. The smallest absolute Gasteiger partial charge is 0.329 e. The maximum Gasteiger partial charge on any atom is 0.329 e. The van der Waals surface area contributed by atoms with Crippen LogP contribution in [0.1, 0.15) is 6.92 Å². The van der Waals surface area contributed by atoms with E-state index in [1.165, 1.54) is 6.07 Å². The average molecular weight is 266 g/mol. The van der Waals surface area contributed by atoms with E-state index >= 15 is 0 Å². The van der Waals surface area contributed by atoms with Gasteiger partial charge in [0.15, 0.2) is 0 Å². The summed E-state index contributed by atoms with van der Waals surface area (Å²) in [5.74, 6) is -1.24. The van der Waals surface area contributed by atoms with E-state index in [1.807, 2.05) is 0 Å². The first kappa shape index (κ1) is 13.0. The highest BCUT2D eigenvalue weighted by molar-refractivity contribution is 5.79. The molecule has 1 aromatic carbocycles. The number of aromatic nitrogens is 2. The Bertz CT molecular complexity index is 747. The Labute approximate surface area is 106 Å². The number of H-pyrrole nitrogens is 1. The van der Waals surface area contributed by atoms with Crippen molar-refractivity contribution in [2.24, 2.45) is 0 Å². The Morgan fingerprint density at radius 3 is 2.84 bits per heavy atom. The minimum absolute atomic E-state index is 0.0572. The van der Waals surface area contributed by atoms with Crippen LogP contribution in [0.25, 0.3) is 10.9 Å². The monoisotopic (exact) mass is 266 g/mol. The number of esters is 1. The molecule has 19 heavy (non-hydrogen) atoms. The Morgan fingerprint density at radius 2 is 2.16 bits per heavy atom. The number of aromatic amines is 1.